The topological polar surface area (TPSA) is 35.5 Å². The number of nitrogens with one attached hydrogen (secondary N) is 1. The van der Waals surface area contributed by atoms with E-state index in [1.165, 1.54) is 32.4 Å². The van der Waals surface area contributed by atoms with E-state index in [1.54, 1.807) is 0 Å². The molecule has 0 radical (unpaired) electrons. The van der Waals surface area contributed by atoms with Crippen LogP contribution in [-0.2, 0) is 0 Å². The van der Waals surface area contributed by atoms with Crippen molar-refractivity contribution in [2.45, 2.75) is 37.8 Å². The van der Waals surface area contributed by atoms with Crippen LogP contribution in [-0.4, -0.2) is 48.8 Å². The number of rotatable bonds is 3. The van der Waals surface area contributed by atoms with Crippen molar-refractivity contribution in [3.8, 4) is 0 Å². The minimum atomic E-state index is 0.337. The predicted octanol–water partition coefficient (Wildman–Crippen LogP) is 0.441. The molecule has 1 heterocycles. The molecule has 2 unspecified atom stereocenters. The maximum atomic E-state index is 9.30. The summed E-state index contributed by atoms with van der Waals surface area (Å²) in [4.78, 5) is 2.61. The molecule has 1 saturated heterocycles. The van der Waals surface area contributed by atoms with E-state index in [0.29, 0.717) is 18.6 Å². The fourth-order valence-corrected chi connectivity index (χ4v) is 2.59. The van der Waals surface area contributed by atoms with E-state index in [9.17, 15) is 5.11 Å². The van der Waals surface area contributed by atoms with Gasteiger partial charge >= 0.3 is 0 Å². The van der Waals surface area contributed by atoms with Gasteiger partial charge in [-0.1, -0.05) is 0 Å². The molecule has 82 valence electrons. The molecular formula is C11H22N2O. The average Bonchev–Trinajstić information content (AvgIpc) is 3.03. The lowest BCUT2D eigenvalue weighted by Crippen LogP contribution is -2.35. The minimum Gasteiger partial charge on any atom is -0.396 e. The fourth-order valence-electron chi connectivity index (χ4n) is 2.59. The Morgan fingerprint density at radius 3 is 2.50 bits per heavy atom. The molecule has 0 bridgehead atoms. The Bertz CT molecular complexity index is 168. The number of nitrogens with zero attached hydrogens (tertiary/aromatic N) is 1. The van der Waals surface area contributed by atoms with Crippen LogP contribution < -0.4 is 5.32 Å². The summed E-state index contributed by atoms with van der Waals surface area (Å²) in [6, 6.07) is 1.40. The van der Waals surface area contributed by atoms with Crippen molar-refractivity contribution in [3.05, 3.63) is 0 Å². The molecule has 2 fully saturated rings. The van der Waals surface area contributed by atoms with Gasteiger partial charge in [0.05, 0.1) is 0 Å². The highest BCUT2D eigenvalue weighted by atomic mass is 16.3. The molecule has 0 spiro atoms. The first-order valence-electron chi connectivity index (χ1n) is 5.87. The molecule has 2 N–H and O–H groups in total. The van der Waals surface area contributed by atoms with Crippen LogP contribution in [0.3, 0.4) is 0 Å². The smallest absolute Gasteiger partial charge is 0.0474 e. The number of likely N-dealkylation sites (tertiary alicyclic amines) is 1. The number of aliphatic hydroxyl groups is 1. The van der Waals surface area contributed by atoms with Crippen molar-refractivity contribution in [1.29, 1.82) is 0 Å². The second-order valence-electron chi connectivity index (χ2n) is 4.68. The van der Waals surface area contributed by atoms with E-state index in [2.05, 4.69) is 10.2 Å². The van der Waals surface area contributed by atoms with Gasteiger partial charge < -0.3 is 15.3 Å². The fraction of sp³-hybridized carbons (Fsp3) is 1.00. The van der Waals surface area contributed by atoms with E-state index < -0.39 is 0 Å². The second kappa shape index (κ2) is 4.60. The second-order valence-corrected chi connectivity index (χ2v) is 4.68. The van der Waals surface area contributed by atoms with Crippen LogP contribution in [0.25, 0.3) is 0 Å². The molecular weight excluding hydrogens is 176 g/mol. The zero-order valence-electron chi connectivity index (χ0n) is 9.08. The Hall–Kier alpha value is -0.120. The summed E-state index contributed by atoms with van der Waals surface area (Å²) < 4.78 is 0. The molecule has 2 atom stereocenters. The molecule has 1 saturated carbocycles. The van der Waals surface area contributed by atoms with Crippen LogP contribution in [0.15, 0.2) is 0 Å². The highest BCUT2D eigenvalue weighted by Gasteiger charge is 2.32. The third-order valence-electron chi connectivity index (χ3n) is 3.75. The third kappa shape index (κ3) is 2.27. The van der Waals surface area contributed by atoms with Crippen LogP contribution in [0.1, 0.15) is 25.7 Å². The molecule has 3 heteroatoms. The third-order valence-corrected chi connectivity index (χ3v) is 3.75. The maximum Gasteiger partial charge on any atom is 0.0474 e. The number of hydrogen-bond donors (Lipinski definition) is 2. The largest absolute Gasteiger partial charge is 0.396 e. The summed E-state index contributed by atoms with van der Waals surface area (Å²) in [6.45, 7) is 2.74. The highest BCUT2D eigenvalue weighted by molar-refractivity contribution is 4.89. The summed E-state index contributed by atoms with van der Waals surface area (Å²) in [7, 11) is 2.01. The lowest BCUT2D eigenvalue weighted by molar-refractivity contribution is 0.186. The van der Waals surface area contributed by atoms with Crippen molar-refractivity contribution in [2.75, 3.05) is 26.7 Å². The minimum absolute atomic E-state index is 0.337. The Morgan fingerprint density at radius 2 is 1.93 bits per heavy atom. The zero-order chi connectivity index (χ0) is 9.97. The van der Waals surface area contributed by atoms with Crippen molar-refractivity contribution in [1.82, 2.24) is 10.2 Å². The maximum absolute atomic E-state index is 9.30. The van der Waals surface area contributed by atoms with Crippen LogP contribution in [0.4, 0.5) is 0 Å². The van der Waals surface area contributed by atoms with Crippen molar-refractivity contribution in [3.63, 3.8) is 0 Å². The van der Waals surface area contributed by atoms with Gasteiger partial charge in [0.2, 0.25) is 0 Å². The van der Waals surface area contributed by atoms with E-state index in [4.69, 9.17) is 0 Å². The van der Waals surface area contributed by atoms with Gasteiger partial charge in [-0.05, 0) is 51.7 Å². The lowest BCUT2D eigenvalue weighted by atomic mass is 9.96. The Balaban J connectivity index is 1.89. The molecule has 2 aliphatic rings. The molecule has 0 amide bonds. The van der Waals surface area contributed by atoms with E-state index >= 15 is 0 Å². The summed E-state index contributed by atoms with van der Waals surface area (Å²) in [5.74, 6) is 0.462. The predicted molar refractivity (Wildman–Crippen MR) is 57.3 cm³/mol. The summed E-state index contributed by atoms with van der Waals surface area (Å²) in [5.41, 5.74) is 0. The van der Waals surface area contributed by atoms with Crippen LogP contribution in [0, 0.1) is 5.92 Å². The van der Waals surface area contributed by atoms with Gasteiger partial charge in [0.25, 0.3) is 0 Å². The first-order valence-corrected chi connectivity index (χ1v) is 5.87. The molecule has 3 nitrogen and oxygen atoms in total. The van der Waals surface area contributed by atoms with Gasteiger partial charge in [-0.15, -0.1) is 0 Å². The van der Waals surface area contributed by atoms with Gasteiger partial charge in [0, 0.05) is 18.7 Å². The van der Waals surface area contributed by atoms with Gasteiger partial charge in [-0.3, -0.25) is 0 Å². The summed E-state index contributed by atoms with van der Waals surface area (Å²) in [6.07, 6.45) is 5.14. The quantitative estimate of drug-likeness (QED) is 0.691. The molecule has 1 aliphatic heterocycles. The monoisotopic (exact) mass is 198 g/mol. The van der Waals surface area contributed by atoms with E-state index in [1.807, 2.05) is 7.05 Å². The van der Waals surface area contributed by atoms with Crippen molar-refractivity contribution in [2.24, 2.45) is 5.92 Å². The van der Waals surface area contributed by atoms with Gasteiger partial charge in [-0.2, -0.15) is 0 Å². The Labute approximate surface area is 86.5 Å². The van der Waals surface area contributed by atoms with Crippen LogP contribution in [0.5, 0.6) is 0 Å². The SMILES string of the molecule is CNC1CCN(C2CC2)CCC1CO. The van der Waals surface area contributed by atoms with Gasteiger partial charge in [0.15, 0.2) is 0 Å². The number of aliphatic hydroxyl groups excluding tert-OH is 1. The number of hydrogen-bond acceptors (Lipinski definition) is 3. The van der Waals surface area contributed by atoms with E-state index in [-0.39, 0.29) is 0 Å². The molecule has 1 aliphatic carbocycles. The standard InChI is InChI=1S/C11H22N2O/c1-12-11-5-7-13(10-2-3-10)6-4-9(11)8-14/h9-12,14H,2-8H2,1H3. The van der Waals surface area contributed by atoms with Gasteiger partial charge in [-0.25, -0.2) is 0 Å². The van der Waals surface area contributed by atoms with Gasteiger partial charge in [0.1, 0.15) is 0 Å². The molecule has 2 rings (SSSR count). The van der Waals surface area contributed by atoms with Crippen molar-refractivity contribution < 1.29 is 5.11 Å². The molecule has 0 aromatic rings. The van der Waals surface area contributed by atoms with Crippen molar-refractivity contribution >= 4 is 0 Å². The first kappa shape index (κ1) is 10.4. The van der Waals surface area contributed by atoms with Crippen LogP contribution >= 0.6 is 0 Å². The molecule has 0 aromatic heterocycles. The molecule has 0 aromatic carbocycles. The highest BCUT2D eigenvalue weighted by Crippen LogP contribution is 2.30. The van der Waals surface area contributed by atoms with E-state index in [0.717, 1.165) is 12.5 Å². The first-order chi connectivity index (χ1) is 6.85. The summed E-state index contributed by atoms with van der Waals surface area (Å²) >= 11 is 0. The average molecular weight is 198 g/mol. The normalized spacial score (nSPS) is 35.6. The van der Waals surface area contributed by atoms with Crippen LogP contribution in [0.2, 0.25) is 0 Å². The molecule has 14 heavy (non-hydrogen) atoms. The Kier molecular flexibility index (Phi) is 3.42. The Morgan fingerprint density at radius 1 is 1.21 bits per heavy atom. The summed E-state index contributed by atoms with van der Waals surface area (Å²) in [5, 5.41) is 12.6. The lowest BCUT2D eigenvalue weighted by Gasteiger charge is -2.21. The zero-order valence-corrected chi connectivity index (χ0v) is 9.08.